The minimum atomic E-state index is -1.02. The molecule has 0 aliphatic heterocycles. The van der Waals surface area contributed by atoms with E-state index in [2.05, 4.69) is 5.32 Å². The van der Waals surface area contributed by atoms with Crippen LogP contribution in [-0.4, -0.2) is 11.1 Å². The molecule has 0 radical (unpaired) electrons. The highest BCUT2D eigenvalue weighted by atomic mass is 35.5. The molecule has 2 rings (SSSR count). The Hall–Kier alpha value is -1.52. The molecule has 1 heterocycles. The average Bonchev–Trinajstić information content (AvgIpc) is 2.80. The third kappa shape index (κ3) is 2.99. The fraction of sp³-hybridized carbons (Fsp3) is 0.0833. The Kier molecular flexibility index (Phi) is 3.66. The Morgan fingerprint density at radius 3 is 2.88 bits per heavy atom. The zero-order valence-electron chi connectivity index (χ0n) is 8.81. The molecule has 2 aromatic rings. The van der Waals surface area contributed by atoms with Gasteiger partial charge in [-0.25, -0.2) is 4.79 Å². The zero-order valence-corrected chi connectivity index (χ0v) is 10.4. The number of nitrogens with one attached hydrogen (secondary N) is 1. The van der Waals surface area contributed by atoms with Crippen molar-refractivity contribution < 1.29 is 9.90 Å². The highest BCUT2D eigenvalue weighted by Crippen LogP contribution is 2.21. The van der Waals surface area contributed by atoms with Crippen molar-refractivity contribution in [2.24, 2.45) is 0 Å². The van der Waals surface area contributed by atoms with Crippen LogP contribution in [0.4, 0.5) is 5.69 Å². The summed E-state index contributed by atoms with van der Waals surface area (Å²) in [5.41, 5.74) is 0.864. The van der Waals surface area contributed by atoms with Crippen molar-refractivity contribution in [3.8, 4) is 0 Å². The first-order chi connectivity index (χ1) is 8.16. The lowest BCUT2D eigenvalue weighted by Gasteiger charge is -2.06. The largest absolute Gasteiger partial charge is 0.478 e. The van der Waals surface area contributed by atoms with Crippen LogP contribution in [0, 0.1) is 0 Å². The Morgan fingerprint density at radius 1 is 1.41 bits per heavy atom. The molecule has 0 amide bonds. The van der Waals surface area contributed by atoms with Gasteiger partial charge in [-0.15, -0.1) is 11.3 Å². The van der Waals surface area contributed by atoms with E-state index in [-0.39, 0.29) is 10.6 Å². The summed E-state index contributed by atoms with van der Waals surface area (Å²) in [6, 6.07) is 8.89. The Balaban J connectivity index is 2.11. The van der Waals surface area contributed by atoms with E-state index < -0.39 is 5.97 Å². The third-order valence-electron chi connectivity index (χ3n) is 2.24. The Bertz CT molecular complexity index is 525. The van der Waals surface area contributed by atoms with E-state index in [0.717, 1.165) is 5.69 Å². The summed E-state index contributed by atoms with van der Waals surface area (Å²) in [5, 5.41) is 14.3. The molecular formula is C12H10ClNO2S. The van der Waals surface area contributed by atoms with Gasteiger partial charge in [-0.05, 0) is 29.6 Å². The van der Waals surface area contributed by atoms with Crippen LogP contribution in [0.3, 0.4) is 0 Å². The Labute approximate surface area is 108 Å². The van der Waals surface area contributed by atoms with Crippen LogP contribution in [0.5, 0.6) is 0 Å². The quantitative estimate of drug-likeness (QED) is 0.888. The van der Waals surface area contributed by atoms with E-state index in [1.54, 1.807) is 23.5 Å². The molecule has 0 saturated heterocycles. The molecule has 0 aliphatic carbocycles. The first-order valence-electron chi connectivity index (χ1n) is 4.96. The van der Waals surface area contributed by atoms with Crippen molar-refractivity contribution in [3.63, 3.8) is 0 Å². The molecule has 88 valence electrons. The summed E-state index contributed by atoms with van der Waals surface area (Å²) in [5.74, 6) is -1.02. The smallest absolute Gasteiger partial charge is 0.337 e. The lowest BCUT2D eigenvalue weighted by atomic mass is 10.2. The maximum absolute atomic E-state index is 10.9. The topological polar surface area (TPSA) is 49.3 Å². The molecule has 5 heteroatoms. The van der Waals surface area contributed by atoms with Crippen LogP contribution in [0.1, 0.15) is 15.2 Å². The molecule has 0 saturated carbocycles. The van der Waals surface area contributed by atoms with Gasteiger partial charge in [-0.1, -0.05) is 17.7 Å². The summed E-state index contributed by atoms with van der Waals surface area (Å²) in [6.45, 7) is 0.679. The van der Waals surface area contributed by atoms with Gasteiger partial charge in [0.25, 0.3) is 0 Å². The molecule has 0 aliphatic rings. The van der Waals surface area contributed by atoms with Gasteiger partial charge in [-0.3, -0.25) is 0 Å². The molecule has 1 aromatic heterocycles. The van der Waals surface area contributed by atoms with Gasteiger partial charge in [0.15, 0.2) is 0 Å². The zero-order chi connectivity index (χ0) is 12.3. The van der Waals surface area contributed by atoms with E-state index in [9.17, 15) is 4.79 Å². The summed E-state index contributed by atoms with van der Waals surface area (Å²) in [6.07, 6.45) is 0. The number of anilines is 1. The number of hydrogen-bond donors (Lipinski definition) is 2. The minimum absolute atomic E-state index is 0.114. The SMILES string of the molecule is O=C(O)c1cc(NCc2cccs2)ccc1Cl. The number of carbonyl (C=O) groups is 1. The maximum atomic E-state index is 10.9. The molecule has 0 bridgehead atoms. The number of rotatable bonds is 4. The van der Waals surface area contributed by atoms with Gasteiger partial charge in [0.05, 0.1) is 10.6 Å². The van der Waals surface area contributed by atoms with E-state index in [1.165, 1.54) is 10.9 Å². The van der Waals surface area contributed by atoms with Crippen LogP contribution in [0.25, 0.3) is 0 Å². The predicted molar refractivity (Wildman–Crippen MR) is 70.1 cm³/mol. The minimum Gasteiger partial charge on any atom is -0.478 e. The van der Waals surface area contributed by atoms with Crippen molar-refractivity contribution in [2.75, 3.05) is 5.32 Å². The second kappa shape index (κ2) is 5.21. The van der Waals surface area contributed by atoms with Gasteiger partial charge in [0, 0.05) is 17.1 Å². The highest BCUT2D eigenvalue weighted by Gasteiger charge is 2.09. The monoisotopic (exact) mass is 267 g/mol. The predicted octanol–water partition coefficient (Wildman–Crippen LogP) is 3.71. The first kappa shape index (κ1) is 12.0. The van der Waals surface area contributed by atoms with Crippen LogP contribution in [0.2, 0.25) is 5.02 Å². The van der Waals surface area contributed by atoms with Crippen molar-refractivity contribution in [1.82, 2.24) is 0 Å². The molecular weight excluding hydrogens is 258 g/mol. The fourth-order valence-electron chi connectivity index (χ4n) is 1.40. The van der Waals surface area contributed by atoms with Crippen molar-refractivity contribution >= 4 is 34.6 Å². The maximum Gasteiger partial charge on any atom is 0.337 e. The number of aromatic carboxylic acids is 1. The lowest BCUT2D eigenvalue weighted by molar-refractivity contribution is 0.0697. The number of thiophene rings is 1. The summed E-state index contributed by atoms with van der Waals surface area (Å²) in [7, 11) is 0. The van der Waals surface area contributed by atoms with Crippen LogP contribution < -0.4 is 5.32 Å². The van der Waals surface area contributed by atoms with Crippen molar-refractivity contribution in [3.05, 3.63) is 51.2 Å². The molecule has 0 spiro atoms. The van der Waals surface area contributed by atoms with Gasteiger partial charge in [0.2, 0.25) is 0 Å². The second-order valence-corrected chi connectivity index (χ2v) is 4.87. The summed E-state index contributed by atoms with van der Waals surface area (Å²) in [4.78, 5) is 12.1. The van der Waals surface area contributed by atoms with Crippen LogP contribution >= 0.6 is 22.9 Å². The second-order valence-electron chi connectivity index (χ2n) is 3.43. The van der Waals surface area contributed by atoms with E-state index in [1.807, 2.05) is 17.5 Å². The molecule has 0 unspecified atom stereocenters. The lowest BCUT2D eigenvalue weighted by Crippen LogP contribution is -2.01. The Morgan fingerprint density at radius 2 is 2.24 bits per heavy atom. The van der Waals surface area contributed by atoms with E-state index in [0.29, 0.717) is 6.54 Å². The normalized spacial score (nSPS) is 10.2. The first-order valence-corrected chi connectivity index (χ1v) is 6.21. The van der Waals surface area contributed by atoms with Gasteiger partial charge < -0.3 is 10.4 Å². The van der Waals surface area contributed by atoms with Gasteiger partial charge in [-0.2, -0.15) is 0 Å². The van der Waals surface area contributed by atoms with Crippen LogP contribution in [-0.2, 0) is 6.54 Å². The number of halogens is 1. The number of carboxylic acids is 1. The highest BCUT2D eigenvalue weighted by molar-refractivity contribution is 7.09. The molecule has 3 nitrogen and oxygen atoms in total. The fourth-order valence-corrected chi connectivity index (χ4v) is 2.24. The van der Waals surface area contributed by atoms with Crippen LogP contribution in [0.15, 0.2) is 35.7 Å². The molecule has 1 aromatic carbocycles. The van der Waals surface area contributed by atoms with Crippen molar-refractivity contribution in [1.29, 1.82) is 0 Å². The third-order valence-corrected chi connectivity index (χ3v) is 3.45. The molecule has 2 N–H and O–H groups in total. The van der Waals surface area contributed by atoms with E-state index in [4.69, 9.17) is 16.7 Å². The summed E-state index contributed by atoms with van der Waals surface area (Å²) < 4.78 is 0. The number of hydrogen-bond acceptors (Lipinski definition) is 3. The average molecular weight is 268 g/mol. The van der Waals surface area contributed by atoms with Gasteiger partial charge >= 0.3 is 5.97 Å². The number of benzene rings is 1. The number of carboxylic acid groups (broad SMARTS) is 1. The van der Waals surface area contributed by atoms with E-state index >= 15 is 0 Å². The molecule has 0 fully saturated rings. The summed E-state index contributed by atoms with van der Waals surface area (Å²) >= 11 is 7.44. The molecule has 17 heavy (non-hydrogen) atoms. The standard InChI is InChI=1S/C12H10ClNO2S/c13-11-4-3-8(6-10(11)12(15)16)14-7-9-2-1-5-17-9/h1-6,14H,7H2,(H,15,16). The van der Waals surface area contributed by atoms with Gasteiger partial charge in [0.1, 0.15) is 0 Å². The van der Waals surface area contributed by atoms with Crippen molar-refractivity contribution in [2.45, 2.75) is 6.54 Å². The molecule has 0 atom stereocenters.